The predicted octanol–water partition coefficient (Wildman–Crippen LogP) is 0.797. The van der Waals surface area contributed by atoms with Crippen LogP contribution in [0.1, 0.15) is 18.4 Å². The molecule has 2 amide bonds. The van der Waals surface area contributed by atoms with Crippen LogP contribution in [0.25, 0.3) is 10.9 Å². The lowest BCUT2D eigenvalue weighted by Crippen LogP contribution is -2.43. The zero-order valence-corrected chi connectivity index (χ0v) is 12.0. The average Bonchev–Trinajstić information content (AvgIpc) is 2.82. The number of carbonyl (C=O) groups is 2. The van der Waals surface area contributed by atoms with Crippen LogP contribution in [0.15, 0.2) is 24.4 Å². The fraction of sp³-hybridized carbons (Fsp3) is 0.400. The minimum Gasteiger partial charge on any atom is -0.369 e. The van der Waals surface area contributed by atoms with E-state index in [4.69, 9.17) is 5.73 Å². The van der Waals surface area contributed by atoms with E-state index < -0.39 is 0 Å². The van der Waals surface area contributed by atoms with Gasteiger partial charge >= 0.3 is 0 Å². The van der Waals surface area contributed by atoms with Gasteiger partial charge in [0.05, 0.1) is 17.6 Å². The highest BCUT2D eigenvalue weighted by Gasteiger charge is 2.28. The minimum atomic E-state index is -0.324. The number of likely N-dealkylation sites (tertiary alicyclic amines) is 1. The molecule has 0 saturated carbocycles. The molecule has 0 radical (unpaired) electrons. The first kappa shape index (κ1) is 13.6. The highest BCUT2D eigenvalue weighted by molar-refractivity contribution is 5.83. The maximum atomic E-state index is 12.0. The van der Waals surface area contributed by atoms with E-state index in [0.29, 0.717) is 25.9 Å². The molecule has 110 valence electrons. The van der Waals surface area contributed by atoms with Crippen molar-refractivity contribution in [3.8, 4) is 0 Å². The summed E-state index contributed by atoms with van der Waals surface area (Å²) in [5.74, 6) is -0.477. The molecule has 6 heteroatoms. The molecule has 1 atom stereocenters. The molecule has 0 spiro atoms. The molecule has 1 aliphatic rings. The number of amides is 2. The van der Waals surface area contributed by atoms with E-state index >= 15 is 0 Å². The van der Waals surface area contributed by atoms with Crippen molar-refractivity contribution in [3.63, 3.8) is 0 Å². The third kappa shape index (κ3) is 2.61. The Bertz CT molecular complexity index is 707. The number of aryl methyl sites for hydroxylation is 1. The second kappa shape index (κ2) is 5.20. The minimum absolute atomic E-state index is 0.0811. The Labute approximate surface area is 122 Å². The predicted molar refractivity (Wildman–Crippen MR) is 78.0 cm³/mol. The third-order valence-corrected chi connectivity index (χ3v) is 4.09. The summed E-state index contributed by atoms with van der Waals surface area (Å²) in [6, 6.07) is 6.02. The van der Waals surface area contributed by atoms with Crippen LogP contribution in [0.5, 0.6) is 0 Å². The summed E-state index contributed by atoms with van der Waals surface area (Å²) in [5.41, 5.74) is 7.42. The maximum Gasteiger partial charge on any atom is 0.222 e. The summed E-state index contributed by atoms with van der Waals surface area (Å²) in [6.07, 6.45) is 2.77. The second-order valence-electron chi connectivity index (χ2n) is 5.57. The summed E-state index contributed by atoms with van der Waals surface area (Å²) in [4.78, 5) is 25.0. The van der Waals surface area contributed by atoms with E-state index in [-0.39, 0.29) is 17.7 Å². The summed E-state index contributed by atoms with van der Waals surface area (Å²) in [7, 11) is 1.89. The number of fused-ring (bicyclic) bond motifs is 1. The molecule has 1 fully saturated rings. The quantitative estimate of drug-likeness (QED) is 0.906. The topological polar surface area (TPSA) is 81.2 Å². The summed E-state index contributed by atoms with van der Waals surface area (Å²) in [6.45, 7) is 0.918. The molecule has 3 rings (SSSR count). The van der Waals surface area contributed by atoms with Crippen molar-refractivity contribution in [1.82, 2.24) is 14.7 Å². The lowest BCUT2D eigenvalue weighted by atomic mass is 9.96. The Kier molecular flexibility index (Phi) is 3.37. The van der Waals surface area contributed by atoms with E-state index in [1.165, 1.54) is 0 Å². The van der Waals surface area contributed by atoms with Crippen molar-refractivity contribution < 1.29 is 9.59 Å². The molecule has 21 heavy (non-hydrogen) atoms. The van der Waals surface area contributed by atoms with E-state index in [1.54, 1.807) is 4.90 Å². The van der Waals surface area contributed by atoms with E-state index in [1.807, 2.05) is 36.1 Å². The monoisotopic (exact) mass is 286 g/mol. The summed E-state index contributed by atoms with van der Waals surface area (Å²) >= 11 is 0. The van der Waals surface area contributed by atoms with Crippen LogP contribution >= 0.6 is 0 Å². The smallest absolute Gasteiger partial charge is 0.222 e. The molecule has 1 aliphatic heterocycles. The standard InChI is InChI=1S/C15H18N4O2/c1-18-13-6-10(2-3-11(13)7-17-18)8-19-9-12(15(16)21)4-5-14(19)20/h2-3,6-7,12H,4-5,8-9H2,1H3,(H2,16,21)/t12-/m1/s1. The molecular weight excluding hydrogens is 268 g/mol. The van der Waals surface area contributed by atoms with Gasteiger partial charge in [0.15, 0.2) is 0 Å². The summed E-state index contributed by atoms with van der Waals surface area (Å²) < 4.78 is 1.81. The first-order valence-electron chi connectivity index (χ1n) is 7.02. The van der Waals surface area contributed by atoms with Crippen LogP contribution in [0, 0.1) is 5.92 Å². The van der Waals surface area contributed by atoms with Gasteiger partial charge in [-0.25, -0.2) is 0 Å². The van der Waals surface area contributed by atoms with Crippen LogP contribution in [-0.2, 0) is 23.2 Å². The first-order valence-corrected chi connectivity index (χ1v) is 7.02. The van der Waals surface area contributed by atoms with E-state index in [9.17, 15) is 9.59 Å². The van der Waals surface area contributed by atoms with Crippen molar-refractivity contribution in [1.29, 1.82) is 0 Å². The Balaban J connectivity index is 1.81. The Morgan fingerprint density at radius 3 is 3.05 bits per heavy atom. The number of nitrogens with zero attached hydrogens (tertiary/aromatic N) is 3. The number of benzene rings is 1. The molecule has 6 nitrogen and oxygen atoms in total. The normalized spacial score (nSPS) is 19.2. The molecular formula is C15H18N4O2. The van der Waals surface area contributed by atoms with Gasteiger partial charge in [0.25, 0.3) is 0 Å². The second-order valence-corrected chi connectivity index (χ2v) is 5.57. The fourth-order valence-electron chi connectivity index (χ4n) is 2.81. The van der Waals surface area contributed by atoms with Gasteiger partial charge in [0.2, 0.25) is 11.8 Å². The van der Waals surface area contributed by atoms with E-state index in [2.05, 4.69) is 5.10 Å². The molecule has 1 aromatic carbocycles. The molecule has 2 N–H and O–H groups in total. The molecule has 2 heterocycles. The van der Waals surface area contributed by atoms with Crippen LogP contribution in [0.3, 0.4) is 0 Å². The van der Waals surface area contributed by atoms with Crippen molar-refractivity contribution in [2.75, 3.05) is 6.54 Å². The number of hydrogen-bond donors (Lipinski definition) is 1. The summed E-state index contributed by atoms with van der Waals surface area (Å²) in [5, 5.41) is 5.28. The first-order chi connectivity index (χ1) is 10.0. The number of hydrogen-bond acceptors (Lipinski definition) is 3. The van der Waals surface area contributed by atoms with Gasteiger partial charge in [-0.05, 0) is 18.1 Å². The molecule has 1 saturated heterocycles. The lowest BCUT2D eigenvalue weighted by molar-refractivity contribution is -0.138. The van der Waals surface area contributed by atoms with Crippen LogP contribution in [0.4, 0.5) is 0 Å². The van der Waals surface area contributed by atoms with Crippen LogP contribution in [-0.4, -0.2) is 33.0 Å². The fourth-order valence-corrected chi connectivity index (χ4v) is 2.81. The van der Waals surface area contributed by atoms with Gasteiger partial charge in [-0.1, -0.05) is 12.1 Å². The molecule has 0 unspecified atom stereocenters. The van der Waals surface area contributed by atoms with Crippen molar-refractivity contribution in [2.24, 2.45) is 18.7 Å². The number of aromatic nitrogens is 2. The average molecular weight is 286 g/mol. The van der Waals surface area contributed by atoms with Gasteiger partial charge < -0.3 is 10.6 Å². The Hall–Kier alpha value is -2.37. The Morgan fingerprint density at radius 2 is 2.29 bits per heavy atom. The molecule has 1 aromatic heterocycles. The zero-order valence-electron chi connectivity index (χ0n) is 12.0. The number of rotatable bonds is 3. The van der Waals surface area contributed by atoms with Crippen molar-refractivity contribution in [2.45, 2.75) is 19.4 Å². The van der Waals surface area contributed by atoms with Crippen molar-refractivity contribution >= 4 is 22.7 Å². The number of primary amides is 1. The number of piperidine rings is 1. The largest absolute Gasteiger partial charge is 0.369 e. The maximum absolute atomic E-state index is 12.0. The SMILES string of the molecule is Cn1ncc2ccc(CN3C[C@H](C(N)=O)CCC3=O)cc21. The van der Waals surface area contributed by atoms with Gasteiger partial charge in [-0.3, -0.25) is 14.3 Å². The van der Waals surface area contributed by atoms with Crippen molar-refractivity contribution in [3.05, 3.63) is 30.0 Å². The highest BCUT2D eigenvalue weighted by atomic mass is 16.2. The number of carbonyl (C=O) groups excluding carboxylic acids is 2. The highest BCUT2D eigenvalue weighted by Crippen LogP contribution is 2.21. The van der Waals surface area contributed by atoms with Gasteiger partial charge in [0.1, 0.15) is 0 Å². The number of nitrogens with two attached hydrogens (primary N) is 1. The van der Waals surface area contributed by atoms with Gasteiger partial charge in [-0.2, -0.15) is 5.10 Å². The van der Waals surface area contributed by atoms with Gasteiger partial charge in [0, 0.05) is 31.9 Å². The van der Waals surface area contributed by atoms with Gasteiger partial charge in [-0.15, -0.1) is 0 Å². The van der Waals surface area contributed by atoms with Crippen LogP contribution in [0.2, 0.25) is 0 Å². The Morgan fingerprint density at radius 1 is 1.48 bits per heavy atom. The molecule has 2 aromatic rings. The molecule has 0 aliphatic carbocycles. The van der Waals surface area contributed by atoms with Crippen LogP contribution < -0.4 is 5.73 Å². The third-order valence-electron chi connectivity index (χ3n) is 4.09. The lowest BCUT2D eigenvalue weighted by Gasteiger charge is -2.31. The molecule has 0 bridgehead atoms. The van der Waals surface area contributed by atoms with E-state index in [0.717, 1.165) is 16.5 Å². The zero-order chi connectivity index (χ0) is 15.0.